The van der Waals surface area contributed by atoms with Crippen molar-refractivity contribution in [2.45, 2.75) is 70.2 Å². The molecule has 1 aromatic heterocycles. The van der Waals surface area contributed by atoms with Gasteiger partial charge in [-0.05, 0) is 33.2 Å². The maximum atomic E-state index is 6.52. The maximum absolute atomic E-state index is 6.52. The third kappa shape index (κ3) is 4.40. The molecular weight excluding hydrogens is 302 g/mol. The molecule has 0 aromatic carbocycles. The lowest BCUT2D eigenvalue weighted by molar-refractivity contribution is 0.555. The molecule has 0 spiro atoms. The number of likely N-dealkylation sites (N-methyl/N-ethyl adjacent to an activating group) is 1. The second-order valence-corrected chi connectivity index (χ2v) is 7.52. The van der Waals surface area contributed by atoms with E-state index in [1.807, 2.05) is 0 Å². The number of thioether (sulfide) groups is 1. The van der Waals surface area contributed by atoms with E-state index in [-0.39, 0.29) is 0 Å². The van der Waals surface area contributed by atoms with Gasteiger partial charge in [0.1, 0.15) is 0 Å². The minimum Gasteiger partial charge on any atom is -0.316 e. The molecule has 1 N–H and O–H groups in total. The highest BCUT2D eigenvalue weighted by atomic mass is 35.5. The van der Waals surface area contributed by atoms with Crippen molar-refractivity contribution in [1.82, 2.24) is 15.1 Å². The fraction of sp³-hybridized carbons (Fsp3) is 0.812. The van der Waals surface area contributed by atoms with Crippen LogP contribution in [0.4, 0.5) is 0 Å². The van der Waals surface area contributed by atoms with E-state index in [1.165, 1.54) is 31.4 Å². The first-order chi connectivity index (χ1) is 10.2. The van der Waals surface area contributed by atoms with Crippen molar-refractivity contribution in [3.05, 3.63) is 16.4 Å². The molecule has 1 saturated carbocycles. The van der Waals surface area contributed by atoms with Crippen LogP contribution in [0.1, 0.15) is 50.9 Å². The minimum absolute atomic E-state index is 0.472. The van der Waals surface area contributed by atoms with Crippen molar-refractivity contribution in [3.63, 3.8) is 0 Å². The van der Waals surface area contributed by atoms with E-state index in [0.717, 1.165) is 41.1 Å². The van der Waals surface area contributed by atoms with Crippen LogP contribution in [-0.4, -0.2) is 33.9 Å². The number of aryl methyl sites for hydroxylation is 2. The zero-order valence-electron chi connectivity index (χ0n) is 13.5. The lowest BCUT2D eigenvalue weighted by Gasteiger charge is -2.19. The first-order valence-electron chi connectivity index (χ1n) is 8.22. The zero-order valence-corrected chi connectivity index (χ0v) is 15.1. The van der Waals surface area contributed by atoms with E-state index >= 15 is 0 Å². The van der Waals surface area contributed by atoms with Gasteiger partial charge in [0.05, 0.1) is 16.4 Å². The summed E-state index contributed by atoms with van der Waals surface area (Å²) in [7, 11) is 2.06. The van der Waals surface area contributed by atoms with Crippen LogP contribution in [0, 0.1) is 0 Å². The highest BCUT2D eigenvalue weighted by molar-refractivity contribution is 7.99. The summed E-state index contributed by atoms with van der Waals surface area (Å²) >= 11 is 8.65. The van der Waals surface area contributed by atoms with Gasteiger partial charge < -0.3 is 5.32 Å². The summed E-state index contributed by atoms with van der Waals surface area (Å²) in [4.78, 5) is 0. The Morgan fingerprint density at radius 3 is 2.67 bits per heavy atom. The lowest BCUT2D eigenvalue weighted by Crippen LogP contribution is -2.31. The Kier molecular flexibility index (Phi) is 6.90. The van der Waals surface area contributed by atoms with Crippen LogP contribution in [0.25, 0.3) is 0 Å². The molecule has 1 aliphatic carbocycles. The Balaban J connectivity index is 1.98. The van der Waals surface area contributed by atoms with Crippen LogP contribution < -0.4 is 5.32 Å². The summed E-state index contributed by atoms with van der Waals surface area (Å²) in [5.41, 5.74) is 2.23. The number of aromatic nitrogens is 2. The second-order valence-electron chi connectivity index (χ2n) is 5.81. The molecule has 1 heterocycles. The van der Waals surface area contributed by atoms with Gasteiger partial charge in [0.15, 0.2) is 0 Å². The highest BCUT2D eigenvalue weighted by Gasteiger charge is 2.21. The molecule has 0 aliphatic heterocycles. The normalized spacial score (nSPS) is 17.5. The Bertz CT molecular complexity index is 441. The largest absolute Gasteiger partial charge is 0.316 e. The van der Waals surface area contributed by atoms with Gasteiger partial charge >= 0.3 is 0 Å². The molecule has 1 aromatic rings. The average molecular weight is 330 g/mol. The van der Waals surface area contributed by atoms with Crippen molar-refractivity contribution in [2.75, 3.05) is 12.8 Å². The average Bonchev–Trinajstić information content (AvgIpc) is 3.12. The molecule has 1 atom stereocenters. The number of hydrogen-bond acceptors (Lipinski definition) is 3. The number of nitrogens with zero attached hydrogens (tertiary/aromatic N) is 2. The predicted molar refractivity (Wildman–Crippen MR) is 93.6 cm³/mol. The van der Waals surface area contributed by atoms with E-state index < -0.39 is 0 Å². The predicted octanol–water partition coefficient (Wildman–Crippen LogP) is 3.93. The molecule has 0 saturated heterocycles. The topological polar surface area (TPSA) is 29.9 Å². The fourth-order valence-electron chi connectivity index (χ4n) is 3.00. The Morgan fingerprint density at radius 2 is 2.10 bits per heavy atom. The Morgan fingerprint density at radius 1 is 1.38 bits per heavy atom. The summed E-state index contributed by atoms with van der Waals surface area (Å²) in [6, 6.07) is 0.472. The van der Waals surface area contributed by atoms with E-state index in [1.54, 1.807) is 0 Å². The summed E-state index contributed by atoms with van der Waals surface area (Å²) in [5, 5.41) is 9.84. The smallest absolute Gasteiger partial charge is 0.0850 e. The van der Waals surface area contributed by atoms with Crippen molar-refractivity contribution < 1.29 is 0 Å². The van der Waals surface area contributed by atoms with Gasteiger partial charge in [0.2, 0.25) is 0 Å². The quantitative estimate of drug-likeness (QED) is 0.783. The number of nitrogens with one attached hydrogen (secondary N) is 1. The van der Waals surface area contributed by atoms with Crippen LogP contribution >= 0.6 is 23.4 Å². The number of rotatable bonds is 8. The number of hydrogen-bond donors (Lipinski definition) is 1. The molecule has 1 aliphatic rings. The Labute approximate surface area is 138 Å². The Hall–Kier alpha value is -0.190. The third-order valence-electron chi connectivity index (χ3n) is 4.38. The van der Waals surface area contributed by atoms with E-state index in [9.17, 15) is 0 Å². The van der Waals surface area contributed by atoms with Crippen molar-refractivity contribution in [3.8, 4) is 0 Å². The van der Waals surface area contributed by atoms with Crippen LogP contribution in [-0.2, 0) is 19.4 Å². The minimum atomic E-state index is 0.472. The van der Waals surface area contributed by atoms with Crippen molar-refractivity contribution in [2.24, 2.45) is 0 Å². The van der Waals surface area contributed by atoms with Gasteiger partial charge in [-0.25, -0.2) is 0 Å². The molecule has 5 heteroatoms. The van der Waals surface area contributed by atoms with Crippen LogP contribution in [0.2, 0.25) is 5.02 Å². The van der Waals surface area contributed by atoms with E-state index in [0.29, 0.717) is 6.04 Å². The van der Waals surface area contributed by atoms with Crippen molar-refractivity contribution >= 4 is 23.4 Å². The summed E-state index contributed by atoms with van der Waals surface area (Å²) in [6.07, 6.45) is 7.49. The molecule has 1 fully saturated rings. The molecule has 2 rings (SSSR count). The molecular formula is C16H28ClN3S. The molecule has 3 nitrogen and oxygen atoms in total. The lowest BCUT2D eigenvalue weighted by atomic mass is 10.1. The molecule has 0 bridgehead atoms. The molecule has 21 heavy (non-hydrogen) atoms. The first kappa shape index (κ1) is 17.2. The van der Waals surface area contributed by atoms with E-state index in [4.69, 9.17) is 11.6 Å². The van der Waals surface area contributed by atoms with Gasteiger partial charge in [0.25, 0.3) is 0 Å². The molecule has 1 unspecified atom stereocenters. The summed E-state index contributed by atoms with van der Waals surface area (Å²) in [5.74, 6) is 1.16. The van der Waals surface area contributed by atoms with Crippen molar-refractivity contribution in [1.29, 1.82) is 0 Å². The standard InChI is InChI=1S/C16H28ClN3S/c1-4-14-16(17)15(20(5-2)19-14)10-12(18-3)11-21-13-8-6-7-9-13/h12-13,18H,4-11H2,1-3H3. The van der Waals surface area contributed by atoms with Crippen LogP contribution in [0.3, 0.4) is 0 Å². The van der Waals surface area contributed by atoms with Gasteiger partial charge in [-0.15, -0.1) is 0 Å². The first-order valence-corrected chi connectivity index (χ1v) is 9.65. The maximum Gasteiger partial charge on any atom is 0.0850 e. The fourth-order valence-corrected chi connectivity index (χ4v) is 4.80. The molecule has 0 radical (unpaired) electrons. The highest BCUT2D eigenvalue weighted by Crippen LogP contribution is 2.30. The summed E-state index contributed by atoms with van der Waals surface area (Å²) in [6.45, 7) is 5.14. The SMILES string of the molecule is CCc1nn(CC)c(CC(CSC2CCCC2)NC)c1Cl. The second kappa shape index (κ2) is 8.44. The van der Waals surface area contributed by atoms with Crippen LogP contribution in [0.15, 0.2) is 0 Å². The molecule has 0 amide bonds. The third-order valence-corrected chi connectivity index (χ3v) is 6.35. The van der Waals surface area contributed by atoms with E-state index in [2.05, 4.69) is 47.8 Å². The molecule has 120 valence electrons. The van der Waals surface area contributed by atoms with Crippen LogP contribution in [0.5, 0.6) is 0 Å². The van der Waals surface area contributed by atoms with Gasteiger partial charge in [0, 0.05) is 30.0 Å². The monoisotopic (exact) mass is 329 g/mol. The number of halogens is 1. The van der Waals surface area contributed by atoms with Gasteiger partial charge in [-0.1, -0.05) is 31.4 Å². The summed E-state index contributed by atoms with van der Waals surface area (Å²) < 4.78 is 2.08. The zero-order chi connectivity index (χ0) is 15.2. The van der Waals surface area contributed by atoms with Gasteiger partial charge in [-0.2, -0.15) is 16.9 Å². The van der Waals surface area contributed by atoms with Gasteiger partial charge in [-0.3, -0.25) is 4.68 Å².